The summed E-state index contributed by atoms with van der Waals surface area (Å²) in [6.07, 6.45) is 2.60. The number of benzene rings is 1. The summed E-state index contributed by atoms with van der Waals surface area (Å²) in [5.74, 6) is 0.950. The van der Waals surface area contributed by atoms with Crippen LogP contribution in [0.25, 0.3) is 0 Å². The van der Waals surface area contributed by atoms with Crippen molar-refractivity contribution in [3.63, 3.8) is 0 Å². The van der Waals surface area contributed by atoms with E-state index in [2.05, 4.69) is 19.9 Å². The highest BCUT2D eigenvalue weighted by Gasteiger charge is 2.33. The number of ether oxygens (including phenoxy) is 2. The van der Waals surface area contributed by atoms with E-state index in [1.165, 1.54) is 5.56 Å². The second-order valence-electron chi connectivity index (χ2n) is 6.28. The van der Waals surface area contributed by atoms with Gasteiger partial charge in [0, 0.05) is 17.6 Å². The molecule has 1 saturated heterocycles. The van der Waals surface area contributed by atoms with Crippen molar-refractivity contribution < 1.29 is 14.6 Å². The molecular weight excluding hydrogens is 240 g/mol. The molecule has 3 heteroatoms. The van der Waals surface area contributed by atoms with E-state index >= 15 is 0 Å². The molecule has 0 radical (unpaired) electrons. The predicted octanol–water partition coefficient (Wildman–Crippen LogP) is 2.96. The van der Waals surface area contributed by atoms with Gasteiger partial charge in [0.1, 0.15) is 11.9 Å². The Labute approximate surface area is 114 Å². The molecule has 2 aliphatic rings. The van der Waals surface area contributed by atoms with Crippen molar-refractivity contribution in [2.24, 2.45) is 0 Å². The van der Waals surface area contributed by atoms with Crippen LogP contribution in [0, 0.1) is 0 Å². The zero-order valence-corrected chi connectivity index (χ0v) is 11.7. The van der Waals surface area contributed by atoms with Crippen LogP contribution in [0.5, 0.6) is 5.75 Å². The molecule has 0 spiro atoms. The van der Waals surface area contributed by atoms with Crippen molar-refractivity contribution >= 4 is 0 Å². The lowest BCUT2D eigenvalue weighted by Crippen LogP contribution is -2.26. The van der Waals surface area contributed by atoms with Gasteiger partial charge in [-0.25, -0.2) is 0 Å². The van der Waals surface area contributed by atoms with Crippen LogP contribution in [0.2, 0.25) is 0 Å². The van der Waals surface area contributed by atoms with Gasteiger partial charge in [0.2, 0.25) is 0 Å². The standard InChI is InChI=1S/C16H22O3/c1-16(2)10-19-13-7-6-11(9-12(13)16)15(17)14-5-3-4-8-18-14/h6-7,9,14-15,17H,3-5,8,10H2,1-2H3. The van der Waals surface area contributed by atoms with E-state index in [9.17, 15) is 5.11 Å². The largest absolute Gasteiger partial charge is 0.492 e. The van der Waals surface area contributed by atoms with E-state index in [-0.39, 0.29) is 11.5 Å². The summed E-state index contributed by atoms with van der Waals surface area (Å²) in [5, 5.41) is 10.5. The molecule has 0 aliphatic carbocycles. The monoisotopic (exact) mass is 262 g/mol. The first-order valence-electron chi connectivity index (χ1n) is 7.15. The van der Waals surface area contributed by atoms with Crippen LogP contribution in [0.4, 0.5) is 0 Å². The minimum absolute atomic E-state index is 0.0263. The highest BCUT2D eigenvalue weighted by atomic mass is 16.5. The first-order chi connectivity index (χ1) is 9.08. The third kappa shape index (κ3) is 2.37. The molecule has 1 N–H and O–H groups in total. The number of rotatable bonds is 2. The van der Waals surface area contributed by atoms with Crippen LogP contribution in [0.15, 0.2) is 18.2 Å². The Kier molecular flexibility index (Phi) is 3.27. The van der Waals surface area contributed by atoms with Crippen molar-refractivity contribution in [3.8, 4) is 5.75 Å². The number of aliphatic hydroxyl groups excluding tert-OH is 1. The molecule has 1 aromatic carbocycles. The molecule has 104 valence electrons. The van der Waals surface area contributed by atoms with Crippen molar-refractivity contribution in [1.82, 2.24) is 0 Å². The third-order valence-electron chi connectivity index (χ3n) is 4.23. The molecule has 0 saturated carbocycles. The lowest BCUT2D eigenvalue weighted by atomic mass is 9.85. The average Bonchev–Trinajstić information content (AvgIpc) is 2.74. The Hall–Kier alpha value is -1.06. The third-order valence-corrected chi connectivity index (χ3v) is 4.23. The quantitative estimate of drug-likeness (QED) is 0.890. The molecule has 3 rings (SSSR count). The van der Waals surface area contributed by atoms with E-state index in [1.807, 2.05) is 12.1 Å². The SMILES string of the molecule is CC1(C)COc2ccc(C(O)C3CCCCO3)cc21. The molecule has 2 aliphatic heterocycles. The Bertz CT molecular complexity index is 461. The number of hydrogen-bond donors (Lipinski definition) is 1. The fourth-order valence-corrected chi connectivity index (χ4v) is 2.95. The maximum absolute atomic E-state index is 10.5. The predicted molar refractivity (Wildman–Crippen MR) is 73.5 cm³/mol. The highest BCUT2D eigenvalue weighted by Crippen LogP contribution is 2.40. The smallest absolute Gasteiger partial charge is 0.123 e. The van der Waals surface area contributed by atoms with Crippen LogP contribution in [0.1, 0.15) is 50.3 Å². The average molecular weight is 262 g/mol. The van der Waals surface area contributed by atoms with E-state index in [1.54, 1.807) is 0 Å². The summed E-state index contributed by atoms with van der Waals surface area (Å²) in [6.45, 7) is 5.82. The molecule has 19 heavy (non-hydrogen) atoms. The van der Waals surface area contributed by atoms with Gasteiger partial charge in [0.15, 0.2) is 0 Å². The minimum Gasteiger partial charge on any atom is -0.492 e. The lowest BCUT2D eigenvalue weighted by Gasteiger charge is -2.28. The second-order valence-corrected chi connectivity index (χ2v) is 6.28. The van der Waals surface area contributed by atoms with E-state index in [0.29, 0.717) is 6.61 Å². The Morgan fingerprint density at radius 3 is 2.89 bits per heavy atom. The van der Waals surface area contributed by atoms with Gasteiger partial charge in [0.25, 0.3) is 0 Å². The van der Waals surface area contributed by atoms with Crippen LogP contribution in [0.3, 0.4) is 0 Å². The summed E-state index contributed by atoms with van der Waals surface area (Å²) in [7, 11) is 0. The first kappa shape index (κ1) is 12.9. The molecule has 0 amide bonds. The van der Waals surface area contributed by atoms with Crippen molar-refractivity contribution in [3.05, 3.63) is 29.3 Å². The Morgan fingerprint density at radius 1 is 1.32 bits per heavy atom. The fraction of sp³-hybridized carbons (Fsp3) is 0.625. The molecule has 2 atom stereocenters. The molecular formula is C16H22O3. The number of hydrogen-bond acceptors (Lipinski definition) is 3. The van der Waals surface area contributed by atoms with Gasteiger partial charge in [-0.2, -0.15) is 0 Å². The fourth-order valence-electron chi connectivity index (χ4n) is 2.95. The van der Waals surface area contributed by atoms with Crippen molar-refractivity contribution in [2.45, 2.75) is 50.7 Å². The van der Waals surface area contributed by atoms with E-state index in [0.717, 1.165) is 37.2 Å². The van der Waals surface area contributed by atoms with Gasteiger partial charge in [-0.3, -0.25) is 0 Å². The minimum atomic E-state index is -0.526. The summed E-state index contributed by atoms with van der Waals surface area (Å²) >= 11 is 0. The number of fused-ring (bicyclic) bond motifs is 1. The van der Waals surface area contributed by atoms with Gasteiger partial charge in [-0.15, -0.1) is 0 Å². The zero-order valence-electron chi connectivity index (χ0n) is 11.7. The summed E-state index contributed by atoms with van der Waals surface area (Å²) in [6, 6.07) is 6.03. The van der Waals surface area contributed by atoms with Crippen LogP contribution < -0.4 is 4.74 Å². The Balaban J connectivity index is 1.85. The summed E-state index contributed by atoms with van der Waals surface area (Å²) in [4.78, 5) is 0. The molecule has 0 bridgehead atoms. The van der Waals surface area contributed by atoms with Gasteiger partial charge < -0.3 is 14.6 Å². The normalized spacial score (nSPS) is 26.6. The van der Waals surface area contributed by atoms with E-state index in [4.69, 9.17) is 9.47 Å². The van der Waals surface area contributed by atoms with E-state index < -0.39 is 6.10 Å². The zero-order chi connectivity index (χ0) is 13.5. The molecule has 3 nitrogen and oxygen atoms in total. The van der Waals surface area contributed by atoms with Crippen LogP contribution in [-0.4, -0.2) is 24.4 Å². The van der Waals surface area contributed by atoms with Gasteiger partial charge in [0.05, 0.1) is 12.7 Å². The Morgan fingerprint density at radius 2 is 2.16 bits per heavy atom. The van der Waals surface area contributed by atoms with Gasteiger partial charge in [-0.1, -0.05) is 19.9 Å². The highest BCUT2D eigenvalue weighted by molar-refractivity contribution is 5.45. The topological polar surface area (TPSA) is 38.7 Å². The maximum atomic E-state index is 10.5. The second kappa shape index (κ2) is 4.80. The summed E-state index contributed by atoms with van der Waals surface area (Å²) < 4.78 is 11.4. The molecule has 1 aromatic rings. The first-order valence-corrected chi connectivity index (χ1v) is 7.15. The van der Waals surface area contributed by atoms with Gasteiger partial charge >= 0.3 is 0 Å². The summed E-state index contributed by atoms with van der Waals surface area (Å²) in [5.41, 5.74) is 2.17. The molecule has 2 heterocycles. The lowest BCUT2D eigenvalue weighted by molar-refractivity contribution is -0.0633. The van der Waals surface area contributed by atoms with Crippen molar-refractivity contribution in [1.29, 1.82) is 0 Å². The van der Waals surface area contributed by atoms with Crippen molar-refractivity contribution in [2.75, 3.05) is 13.2 Å². The van der Waals surface area contributed by atoms with Crippen LogP contribution in [-0.2, 0) is 10.2 Å². The number of aliphatic hydroxyl groups is 1. The molecule has 0 aromatic heterocycles. The van der Waals surface area contributed by atoms with Gasteiger partial charge in [-0.05, 0) is 37.0 Å². The molecule has 2 unspecified atom stereocenters. The van der Waals surface area contributed by atoms with Crippen LogP contribution >= 0.6 is 0 Å². The maximum Gasteiger partial charge on any atom is 0.123 e. The molecule has 1 fully saturated rings.